The zero-order chi connectivity index (χ0) is 24.1. The van der Waals surface area contributed by atoms with E-state index >= 15 is 0 Å². The first-order valence-electron chi connectivity index (χ1n) is 10.5. The summed E-state index contributed by atoms with van der Waals surface area (Å²) in [6.07, 6.45) is -3.67. The molecule has 4 rings (SSSR count). The molecule has 1 aromatic heterocycles. The number of hydrogen-bond acceptors (Lipinski definition) is 7. The Morgan fingerprint density at radius 1 is 1.09 bits per heavy atom. The van der Waals surface area contributed by atoms with E-state index in [-0.39, 0.29) is 19.8 Å². The molecular formula is C24H22FN3O6. The Morgan fingerprint density at radius 3 is 2.32 bits per heavy atom. The molecule has 0 unspecified atom stereocenters. The van der Waals surface area contributed by atoms with Gasteiger partial charge in [-0.3, -0.25) is 14.3 Å². The summed E-state index contributed by atoms with van der Waals surface area (Å²) in [6, 6.07) is 20.3. The Labute approximate surface area is 193 Å². The average Bonchev–Trinajstić information content (AvgIpc) is 3.13. The van der Waals surface area contributed by atoms with E-state index in [2.05, 4.69) is 0 Å². The van der Waals surface area contributed by atoms with E-state index < -0.39 is 41.1 Å². The first kappa shape index (κ1) is 23.5. The summed E-state index contributed by atoms with van der Waals surface area (Å²) in [5.41, 5.74) is -2.40. The Hall–Kier alpha value is -3.62. The molecule has 2 heterocycles. The van der Waals surface area contributed by atoms with Crippen LogP contribution in [-0.2, 0) is 27.4 Å². The summed E-state index contributed by atoms with van der Waals surface area (Å²) in [4.78, 5) is 25.5. The van der Waals surface area contributed by atoms with Crippen molar-refractivity contribution in [2.24, 2.45) is 0 Å². The number of aliphatic hydroxyl groups is 1. The van der Waals surface area contributed by atoms with Gasteiger partial charge in [0.2, 0.25) is 11.4 Å². The minimum Gasteiger partial charge on any atom is -0.385 e. The molecule has 0 bridgehead atoms. The van der Waals surface area contributed by atoms with Crippen LogP contribution in [0.5, 0.6) is 0 Å². The van der Waals surface area contributed by atoms with Crippen LogP contribution >= 0.6 is 0 Å². The predicted molar refractivity (Wildman–Crippen MR) is 117 cm³/mol. The monoisotopic (exact) mass is 467 g/mol. The number of nitrogens with one attached hydrogen (secondary N) is 1. The molecule has 3 aromatic rings. The highest BCUT2D eigenvalue weighted by Crippen LogP contribution is 2.39. The Bertz CT molecular complexity index is 1270. The lowest BCUT2D eigenvalue weighted by Gasteiger charge is -2.28. The third-order valence-electron chi connectivity index (χ3n) is 5.48. The quantitative estimate of drug-likeness (QED) is 0.516. The predicted octanol–water partition coefficient (Wildman–Crippen LogP) is 1.63. The smallest absolute Gasteiger partial charge is 0.330 e. The molecule has 1 aliphatic rings. The van der Waals surface area contributed by atoms with Crippen LogP contribution < -0.4 is 11.2 Å². The van der Waals surface area contributed by atoms with Gasteiger partial charge in [0.25, 0.3) is 5.56 Å². The molecule has 1 fully saturated rings. The number of rotatable bonds is 8. The van der Waals surface area contributed by atoms with Crippen LogP contribution in [-0.4, -0.2) is 39.1 Å². The maximum atomic E-state index is 13.9. The second-order valence-electron chi connectivity index (χ2n) is 7.84. The van der Waals surface area contributed by atoms with Gasteiger partial charge in [0, 0.05) is 0 Å². The van der Waals surface area contributed by atoms with Gasteiger partial charge in [0.05, 0.1) is 26.0 Å². The maximum absolute atomic E-state index is 13.9. The highest BCUT2D eigenvalue weighted by molar-refractivity contribution is 5.18. The second-order valence-corrected chi connectivity index (χ2v) is 7.84. The van der Waals surface area contributed by atoms with Gasteiger partial charge in [0.1, 0.15) is 18.3 Å². The third kappa shape index (κ3) is 4.83. The Kier molecular flexibility index (Phi) is 7.00. The molecule has 0 radical (unpaired) electrons. The number of aliphatic hydroxyl groups excluding tert-OH is 1. The molecule has 9 nitrogen and oxygen atoms in total. The number of nitriles is 1. The number of halogens is 1. The van der Waals surface area contributed by atoms with Gasteiger partial charge < -0.3 is 19.3 Å². The van der Waals surface area contributed by atoms with Crippen LogP contribution in [0.4, 0.5) is 4.39 Å². The fraction of sp³-hybridized carbons (Fsp3) is 0.292. The van der Waals surface area contributed by atoms with E-state index in [4.69, 9.17) is 14.2 Å². The molecule has 4 atom stereocenters. The molecule has 1 saturated heterocycles. The molecule has 0 saturated carbocycles. The number of ether oxygens (including phenoxy) is 3. The number of aromatic nitrogens is 2. The van der Waals surface area contributed by atoms with Crippen LogP contribution in [0.3, 0.4) is 0 Å². The van der Waals surface area contributed by atoms with Crippen molar-refractivity contribution in [3.05, 3.63) is 105 Å². The number of H-pyrrole nitrogens is 1. The second kappa shape index (κ2) is 10.1. The molecule has 2 N–H and O–H groups in total. The minimum absolute atomic E-state index is 0.0373. The van der Waals surface area contributed by atoms with Gasteiger partial charge in [-0.25, -0.2) is 4.79 Å². The molecule has 1 aliphatic heterocycles. The van der Waals surface area contributed by atoms with Crippen LogP contribution in [0.1, 0.15) is 17.4 Å². The average molecular weight is 467 g/mol. The molecule has 176 valence electrons. The van der Waals surface area contributed by atoms with Gasteiger partial charge in [-0.1, -0.05) is 60.7 Å². The van der Waals surface area contributed by atoms with Crippen molar-refractivity contribution in [3.63, 3.8) is 0 Å². The zero-order valence-corrected chi connectivity index (χ0v) is 18.0. The minimum atomic E-state index is -1.82. The maximum Gasteiger partial charge on any atom is 0.330 e. The standard InChI is InChI=1S/C24H22FN3O6/c25-18-11-28(23(31)27-21(18)30)22-19(29)20(33-13-17-9-5-2-6-10-17)24(14-26,34-22)15-32-12-16-7-3-1-4-8-16/h1-11,19-20,22,29H,12-13,15H2,(H,27,30,31)/t19-,20+,22-,24-/m1/s1. The van der Waals surface area contributed by atoms with Crippen molar-refractivity contribution in [2.45, 2.75) is 37.3 Å². The lowest BCUT2D eigenvalue weighted by Crippen LogP contribution is -2.47. The van der Waals surface area contributed by atoms with E-state index in [1.54, 1.807) is 12.1 Å². The fourth-order valence-corrected chi connectivity index (χ4v) is 3.78. The summed E-state index contributed by atoms with van der Waals surface area (Å²) in [6.45, 7) is -0.103. The molecule has 0 aliphatic carbocycles. The topological polar surface area (TPSA) is 127 Å². The number of hydrogen-bond donors (Lipinski definition) is 2. The molecule has 0 spiro atoms. The van der Waals surface area contributed by atoms with Crippen molar-refractivity contribution >= 4 is 0 Å². The normalized spacial score (nSPS) is 24.1. The van der Waals surface area contributed by atoms with E-state index in [9.17, 15) is 24.3 Å². The van der Waals surface area contributed by atoms with Crippen molar-refractivity contribution in [2.75, 3.05) is 6.61 Å². The molecular weight excluding hydrogens is 445 g/mol. The Balaban J connectivity index is 1.62. The largest absolute Gasteiger partial charge is 0.385 e. The van der Waals surface area contributed by atoms with E-state index in [0.29, 0.717) is 10.8 Å². The van der Waals surface area contributed by atoms with Gasteiger partial charge in [-0.05, 0) is 11.1 Å². The lowest BCUT2D eigenvalue weighted by molar-refractivity contribution is -0.125. The summed E-state index contributed by atoms with van der Waals surface area (Å²) in [5.74, 6) is -1.24. The van der Waals surface area contributed by atoms with Crippen molar-refractivity contribution in [1.29, 1.82) is 5.26 Å². The summed E-state index contributed by atoms with van der Waals surface area (Å²) < 4.78 is 32.1. The first-order chi connectivity index (χ1) is 16.4. The summed E-state index contributed by atoms with van der Waals surface area (Å²) >= 11 is 0. The molecule has 34 heavy (non-hydrogen) atoms. The number of aromatic amines is 1. The Morgan fingerprint density at radius 2 is 1.71 bits per heavy atom. The lowest BCUT2D eigenvalue weighted by atomic mass is 9.97. The van der Waals surface area contributed by atoms with Crippen LogP contribution in [0.2, 0.25) is 0 Å². The fourth-order valence-electron chi connectivity index (χ4n) is 3.78. The molecule has 2 aromatic carbocycles. The summed E-state index contributed by atoms with van der Waals surface area (Å²) in [7, 11) is 0. The summed E-state index contributed by atoms with van der Waals surface area (Å²) in [5, 5.41) is 21.1. The van der Waals surface area contributed by atoms with Gasteiger partial charge >= 0.3 is 5.69 Å². The number of benzene rings is 2. The van der Waals surface area contributed by atoms with Crippen molar-refractivity contribution in [1.82, 2.24) is 9.55 Å². The van der Waals surface area contributed by atoms with Gasteiger partial charge in [0.15, 0.2) is 6.23 Å². The van der Waals surface area contributed by atoms with Crippen molar-refractivity contribution in [3.8, 4) is 6.07 Å². The highest BCUT2D eigenvalue weighted by atomic mass is 19.1. The molecule has 10 heteroatoms. The van der Waals surface area contributed by atoms with Gasteiger partial charge in [-0.15, -0.1) is 0 Å². The van der Waals surface area contributed by atoms with Gasteiger partial charge in [-0.2, -0.15) is 9.65 Å². The van der Waals surface area contributed by atoms with Crippen LogP contribution in [0, 0.1) is 17.1 Å². The number of nitrogens with zero attached hydrogens (tertiary/aromatic N) is 2. The zero-order valence-electron chi connectivity index (χ0n) is 18.0. The van der Waals surface area contributed by atoms with Crippen LogP contribution in [0.15, 0.2) is 76.4 Å². The first-order valence-corrected chi connectivity index (χ1v) is 10.5. The van der Waals surface area contributed by atoms with Crippen molar-refractivity contribution < 1.29 is 23.7 Å². The molecule has 0 amide bonds. The SMILES string of the molecule is N#C[C@]1(COCc2ccccc2)O[C@@H](n2cc(F)c(=O)[nH]c2=O)[C@H](O)[C@@H]1OCc1ccccc1. The van der Waals surface area contributed by atoms with E-state index in [0.717, 1.165) is 11.1 Å². The van der Waals surface area contributed by atoms with E-state index in [1.807, 2.05) is 59.6 Å². The van der Waals surface area contributed by atoms with E-state index in [1.165, 1.54) is 0 Å². The highest BCUT2D eigenvalue weighted by Gasteiger charge is 2.57. The third-order valence-corrected chi connectivity index (χ3v) is 5.48. The van der Waals surface area contributed by atoms with Crippen LogP contribution in [0.25, 0.3) is 0 Å².